The zero-order valence-corrected chi connectivity index (χ0v) is 13.9. The molecule has 1 saturated carbocycles. The Morgan fingerprint density at radius 3 is 2.95 bits per heavy atom. The van der Waals surface area contributed by atoms with Crippen molar-refractivity contribution in [2.24, 2.45) is 5.41 Å². The normalized spacial score (nSPS) is 21.6. The lowest BCUT2D eigenvalue weighted by atomic mass is 9.75. The maximum absolute atomic E-state index is 5.88. The molecule has 3 N–H and O–H groups in total. The first-order valence-corrected chi connectivity index (χ1v) is 8.61. The summed E-state index contributed by atoms with van der Waals surface area (Å²) in [7, 11) is 0. The first kappa shape index (κ1) is 14.6. The van der Waals surface area contributed by atoms with E-state index in [9.17, 15) is 0 Å². The topological polar surface area (TPSA) is 63.8 Å². The zero-order chi connectivity index (χ0) is 15.0. The molecular formula is C16H24N4S. The minimum Gasteiger partial charge on any atom is -0.368 e. The van der Waals surface area contributed by atoms with Gasteiger partial charge in [0.05, 0.1) is 5.39 Å². The van der Waals surface area contributed by atoms with Gasteiger partial charge in [-0.25, -0.2) is 4.98 Å². The fourth-order valence-corrected chi connectivity index (χ4v) is 4.26. The minimum absolute atomic E-state index is 0.365. The van der Waals surface area contributed by atoms with E-state index in [1.165, 1.54) is 30.6 Å². The van der Waals surface area contributed by atoms with Gasteiger partial charge < -0.3 is 11.1 Å². The highest BCUT2D eigenvalue weighted by molar-refractivity contribution is 7.18. The second kappa shape index (κ2) is 5.44. The van der Waals surface area contributed by atoms with Crippen molar-refractivity contribution in [1.29, 1.82) is 0 Å². The molecule has 0 bridgehead atoms. The van der Waals surface area contributed by atoms with Gasteiger partial charge in [-0.05, 0) is 37.2 Å². The molecule has 2 aromatic heterocycles. The molecule has 0 spiro atoms. The van der Waals surface area contributed by atoms with Crippen molar-refractivity contribution in [2.45, 2.75) is 58.9 Å². The van der Waals surface area contributed by atoms with Gasteiger partial charge in [-0.3, -0.25) is 0 Å². The van der Waals surface area contributed by atoms with E-state index in [-0.39, 0.29) is 0 Å². The smallest absolute Gasteiger partial charge is 0.223 e. The SMILES string of the molecule is CCc1cc2c(NC3CCCC(C)(C)C3)nc(N)nc2s1. The number of anilines is 2. The molecule has 1 fully saturated rings. The molecule has 3 rings (SSSR count). The Morgan fingerprint density at radius 2 is 2.24 bits per heavy atom. The fourth-order valence-electron chi connectivity index (χ4n) is 3.29. The molecule has 0 aliphatic heterocycles. The summed E-state index contributed by atoms with van der Waals surface area (Å²) >= 11 is 1.72. The van der Waals surface area contributed by atoms with Gasteiger partial charge >= 0.3 is 0 Å². The monoisotopic (exact) mass is 304 g/mol. The van der Waals surface area contributed by atoms with Crippen molar-refractivity contribution < 1.29 is 0 Å². The number of thiophene rings is 1. The number of rotatable bonds is 3. The Morgan fingerprint density at radius 1 is 1.43 bits per heavy atom. The number of aryl methyl sites for hydroxylation is 1. The summed E-state index contributed by atoms with van der Waals surface area (Å²) in [6.07, 6.45) is 6.00. The van der Waals surface area contributed by atoms with E-state index in [1.807, 2.05) is 0 Å². The van der Waals surface area contributed by atoms with Gasteiger partial charge in [0.25, 0.3) is 0 Å². The maximum Gasteiger partial charge on any atom is 0.223 e. The van der Waals surface area contributed by atoms with Crippen molar-refractivity contribution in [3.63, 3.8) is 0 Å². The second-order valence-electron chi connectivity index (χ2n) is 6.82. The molecule has 2 aromatic rings. The van der Waals surface area contributed by atoms with E-state index in [0.717, 1.165) is 22.5 Å². The molecule has 0 radical (unpaired) electrons. The molecule has 0 aromatic carbocycles. The van der Waals surface area contributed by atoms with Crippen LogP contribution in [0.5, 0.6) is 0 Å². The van der Waals surface area contributed by atoms with E-state index in [4.69, 9.17) is 5.73 Å². The summed E-state index contributed by atoms with van der Waals surface area (Å²) in [5.74, 6) is 1.28. The number of fused-ring (bicyclic) bond motifs is 1. The number of nitrogen functional groups attached to an aromatic ring is 1. The molecule has 114 valence electrons. The summed E-state index contributed by atoms with van der Waals surface area (Å²) < 4.78 is 0. The van der Waals surface area contributed by atoms with Crippen LogP contribution in [0.2, 0.25) is 0 Å². The van der Waals surface area contributed by atoms with E-state index in [0.29, 0.717) is 17.4 Å². The first-order valence-electron chi connectivity index (χ1n) is 7.79. The van der Waals surface area contributed by atoms with Crippen molar-refractivity contribution >= 4 is 33.3 Å². The number of hydrogen-bond donors (Lipinski definition) is 2. The van der Waals surface area contributed by atoms with E-state index >= 15 is 0 Å². The third-order valence-corrected chi connectivity index (χ3v) is 5.53. The molecule has 4 nitrogen and oxygen atoms in total. The Kier molecular flexibility index (Phi) is 3.78. The van der Waals surface area contributed by atoms with Gasteiger partial charge in [0, 0.05) is 10.9 Å². The number of aromatic nitrogens is 2. The average molecular weight is 304 g/mol. The lowest BCUT2D eigenvalue weighted by molar-refractivity contribution is 0.229. The lowest BCUT2D eigenvalue weighted by Crippen LogP contribution is -2.32. The predicted octanol–water partition coefficient (Wildman–Crippen LogP) is 4.22. The highest BCUT2D eigenvalue weighted by Crippen LogP contribution is 2.37. The Bertz CT molecular complexity index is 647. The van der Waals surface area contributed by atoms with Crippen LogP contribution in [0.25, 0.3) is 10.2 Å². The van der Waals surface area contributed by atoms with Crippen molar-refractivity contribution in [3.8, 4) is 0 Å². The van der Waals surface area contributed by atoms with Crippen LogP contribution in [0.3, 0.4) is 0 Å². The van der Waals surface area contributed by atoms with Crippen molar-refractivity contribution in [2.75, 3.05) is 11.1 Å². The van der Waals surface area contributed by atoms with Gasteiger partial charge in [-0.2, -0.15) is 4.98 Å². The van der Waals surface area contributed by atoms with Gasteiger partial charge in [0.1, 0.15) is 10.6 Å². The van der Waals surface area contributed by atoms with Crippen LogP contribution in [0.4, 0.5) is 11.8 Å². The summed E-state index contributed by atoms with van der Waals surface area (Å²) in [5, 5.41) is 4.75. The van der Waals surface area contributed by atoms with Gasteiger partial charge in [0.15, 0.2) is 0 Å². The maximum atomic E-state index is 5.88. The lowest BCUT2D eigenvalue weighted by Gasteiger charge is -2.35. The van der Waals surface area contributed by atoms with Gasteiger partial charge in [0.2, 0.25) is 5.95 Å². The number of hydrogen-bond acceptors (Lipinski definition) is 5. The Balaban J connectivity index is 1.90. The minimum atomic E-state index is 0.365. The van der Waals surface area contributed by atoms with Crippen LogP contribution in [0, 0.1) is 5.41 Å². The van der Waals surface area contributed by atoms with Crippen molar-refractivity contribution in [3.05, 3.63) is 10.9 Å². The van der Waals surface area contributed by atoms with E-state index in [1.54, 1.807) is 11.3 Å². The molecule has 1 aliphatic carbocycles. The molecule has 21 heavy (non-hydrogen) atoms. The third kappa shape index (κ3) is 3.12. The van der Waals surface area contributed by atoms with Gasteiger partial charge in [-0.15, -0.1) is 11.3 Å². The largest absolute Gasteiger partial charge is 0.368 e. The van der Waals surface area contributed by atoms with Crippen LogP contribution in [-0.2, 0) is 6.42 Å². The molecule has 0 amide bonds. The summed E-state index contributed by atoms with van der Waals surface area (Å²) in [6, 6.07) is 2.69. The first-order chi connectivity index (χ1) is 9.97. The van der Waals surface area contributed by atoms with E-state index < -0.39 is 0 Å². The second-order valence-corrected chi connectivity index (χ2v) is 7.93. The standard InChI is InChI=1S/C16H24N4S/c1-4-11-8-12-13(19-15(17)20-14(12)21-11)18-10-6-5-7-16(2,3)9-10/h8,10H,4-7,9H2,1-3H3,(H3,17,18,19,20). The summed E-state index contributed by atoms with van der Waals surface area (Å²) in [6.45, 7) is 6.87. The van der Waals surface area contributed by atoms with Crippen LogP contribution in [0.15, 0.2) is 6.07 Å². The van der Waals surface area contributed by atoms with Crippen LogP contribution in [0.1, 0.15) is 51.3 Å². The van der Waals surface area contributed by atoms with Crippen molar-refractivity contribution in [1.82, 2.24) is 9.97 Å². The summed E-state index contributed by atoms with van der Waals surface area (Å²) in [5.41, 5.74) is 6.29. The predicted molar refractivity (Wildman–Crippen MR) is 90.9 cm³/mol. The Hall–Kier alpha value is -1.36. The zero-order valence-electron chi connectivity index (χ0n) is 13.1. The Labute approximate surface area is 130 Å². The molecule has 1 atom stereocenters. The average Bonchev–Trinajstić information content (AvgIpc) is 2.80. The molecular weight excluding hydrogens is 280 g/mol. The quantitative estimate of drug-likeness (QED) is 0.891. The number of nitrogens with two attached hydrogens (primary N) is 1. The van der Waals surface area contributed by atoms with Crippen LogP contribution < -0.4 is 11.1 Å². The van der Waals surface area contributed by atoms with E-state index in [2.05, 4.69) is 42.1 Å². The van der Waals surface area contributed by atoms with Gasteiger partial charge in [-0.1, -0.05) is 27.2 Å². The number of nitrogens with zero attached hydrogens (tertiary/aromatic N) is 2. The van der Waals surface area contributed by atoms with Crippen LogP contribution >= 0.6 is 11.3 Å². The molecule has 0 saturated heterocycles. The highest BCUT2D eigenvalue weighted by atomic mass is 32.1. The fraction of sp³-hybridized carbons (Fsp3) is 0.625. The number of nitrogens with one attached hydrogen (secondary N) is 1. The molecule has 1 unspecified atom stereocenters. The highest BCUT2D eigenvalue weighted by Gasteiger charge is 2.28. The summed E-state index contributed by atoms with van der Waals surface area (Å²) in [4.78, 5) is 11.2. The third-order valence-electron chi connectivity index (χ3n) is 4.36. The van der Waals surface area contributed by atoms with Crippen LogP contribution in [-0.4, -0.2) is 16.0 Å². The molecule has 1 aliphatic rings. The molecule has 5 heteroatoms. The molecule has 2 heterocycles.